The zero-order valence-corrected chi connectivity index (χ0v) is 9.89. The standard InChI is InChI=1S/C13H10N3O3/c14-15-11-6-7-13(12(8-11)16(17)18)19-9-10-4-2-1-3-5-10/h1-8H,9H2/q+1. The van der Waals surface area contributed by atoms with Gasteiger partial charge in [-0.2, -0.15) is 0 Å². The lowest BCUT2D eigenvalue weighted by Gasteiger charge is -2.05. The molecule has 0 spiro atoms. The van der Waals surface area contributed by atoms with Gasteiger partial charge in [-0.15, -0.1) is 0 Å². The number of hydrogen-bond donors (Lipinski definition) is 0. The van der Waals surface area contributed by atoms with Crippen molar-refractivity contribution in [3.63, 3.8) is 0 Å². The quantitative estimate of drug-likeness (QED) is 0.475. The van der Waals surface area contributed by atoms with Gasteiger partial charge in [-0.25, -0.2) is 0 Å². The summed E-state index contributed by atoms with van der Waals surface area (Å²) in [6.07, 6.45) is 0. The van der Waals surface area contributed by atoms with Crippen molar-refractivity contribution in [1.29, 1.82) is 5.39 Å². The Balaban J connectivity index is 2.21. The molecule has 19 heavy (non-hydrogen) atoms. The zero-order valence-electron chi connectivity index (χ0n) is 9.89. The molecule has 0 N–H and O–H groups in total. The summed E-state index contributed by atoms with van der Waals surface area (Å²) in [5.74, 6) is 0.140. The van der Waals surface area contributed by atoms with Crippen molar-refractivity contribution in [3.05, 3.63) is 69.2 Å². The second-order valence-corrected chi connectivity index (χ2v) is 3.78. The molecule has 0 heterocycles. The molecule has 0 fully saturated rings. The van der Waals surface area contributed by atoms with Gasteiger partial charge in [-0.1, -0.05) is 30.3 Å². The van der Waals surface area contributed by atoms with Crippen LogP contribution >= 0.6 is 0 Å². The Morgan fingerprint density at radius 2 is 1.95 bits per heavy atom. The number of ether oxygens (including phenoxy) is 1. The van der Waals surface area contributed by atoms with Gasteiger partial charge in [0.05, 0.1) is 4.92 Å². The van der Waals surface area contributed by atoms with Crippen LogP contribution in [0.4, 0.5) is 11.4 Å². The lowest BCUT2D eigenvalue weighted by Crippen LogP contribution is -1.98. The predicted molar refractivity (Wildman–Crippen MR) is 68.6 cm³/mol. The molecule has 6 heteroatoms. The highest BCUT2D eigenvalue weighted by atomic mass is 16.6. The average molecular weight is 256 g/mol. The van der Waals surface area contributed by atoms with Gasteiger partial charge in [0, 0.05) is 6.07 Å². The number of nitrogens with zero attached hydrogens (tertiary/aromatic N) is 3. The molecule has 0 saturated heterocycles. The summed E-state index contributed by atoms with van der Waals surface area (Å²) >= 11 is 0. The average Bonchev–Trinajstić information content (AvgIpc) is 2.46. The molecule has 0 unspecified atom stereocenters. The summed E-state index contributed by atoms with van der Waals surface area (Å²) < 4.78 is 5.42. The molecule has 2 aromatic rings. The van der Waals surface area contributed by atoms with E-state index >= 15 is 0 Å². The number of nitro benzene ring substituents is 1. The van der Waals surface area contributed by atoms with Crippen LogP contribution < -0.4 is 4.74 Å². The van der Waals surface area contributed by atoms with Gasteiger partial charge in [0.25, 0.3) is 0 Å². The molecule has 6 nitrogen and oxygen atoms in total. The van der Waals surface area contributed by atoms with Crippen LogP contribution in [-0.2, 0) is 6.61 Å². The Morgan fingerprint density at radius 1 is 1.21 bits per heavy atom. The van der Waals surface area contributed by atoms with Crippen molar-refractivity contribution in [2.24, 2.45) is 0 Å². The second kappa shape index (κ2) is 5.60. The lowest BCUT2D eigenvalue weighted by atomic mass is 10.2. The minimum atomic E-state index is -0.574. The molecule has 0 amide bonds. The topological polar surface area (TPSA) is 80.5 Å². The minimum Gasteiger partial charge on any atom is -0.482 e. The molecule has 0 aliphatic carbocycles. The third-order valence-corrected chi connectivity index (χ3v) is 2.49. The summed E-state index contributed by atoms with van der Waals surface area (Å²) in [6.45, 7) is 0.233. The summed E-state index contributed by atoms with van der Waals surface area (Å²) in [5, 5.41) is 19.5. The largest absolute Gasteiger partial charge is 0.482 e. The fourth-order valence-corrected chi connectivity index (χ4v) is 1.57. The summed E-state index contributed by atoms with van der Waals surface area (Å²) in [7, 11) is 0. The van der Waals surface area contributed by atoms with Crippen molar-refractivity contribution in [1.82, 2.24) is 0 Å². The molecule has 0 aliphatic heterocycles. The van der Waals surface area contributed by atoms with Crippen LogP contribution in [0.1, 0.15) is 5.56 Å². The van der Waals surface area contributed by atoms with Crippen LogP contribution in [0.3, 0.4) is 0 Å². The Bertz CT molecular complexity index is 635. The van der Waals surface area contributed by atoms with E-state index in [-0.39, 0.29) is 23.7 Å². The third-order valence-electron chi connectivity index (χ3n) is 2.49. The number of hydrogen-bond acceptors (Lipinski definition) is 4. The van der Waals surface area contributed by atoms with Crippen LogP contribution in [0.15, 0.2) is 48.5 Å². The van der Waals surface area contributed by atoms with E-state index in [0.717, 1.165) is 11.6 Å². The molecule has 0 atom stereocenters. The van der Waals surface area contributed by atoms with Crippen LogP contribution in [0.2, 0.25) is 0 Å². The Kier molecular flexibility index (Phi) is 3.69. The highest BCUT2D eigenvalue weighted by molar-refractivity contribution is 5.58. The highest BCUT2D eigenvalue weighted by Crippen LogP contribution is 2.31. The first-order chi connectivity index (χ1) is 9.20. The van der Waals surface area contributed by atoms with Crippen molar-refractivity contribution in [2.75, 3.05) is 0 Å². The summed E-state index contributed by atoms with van der Waals surface area (Å²) in [4.78, 5) is 13.2. The van der Waals surface area contributed by atoms with Crippen LogP contribution in [0.5, 0.6) is 5.75 Å². The fourth-order valence-electron chi connectivity index (χ4n) is 1.57. The Hall–Kier alpha value is -2.94. The van der Waals surface area contributed by atoms with E-state index in [0.29, 0.717) is 0 Å². The third kappa shape index (κ3) is 3.04. The first-order valence-electron chi connectivity index (χ1n) is 5.51. The molecule has 0 radical (unpaired) electrons. The van der Waals surface area contributed by atoms with Crippen molar-refractivity contribution in [3.8, 4) is 5.75 Å². The predicted octanol–water partition coefficient (Wildman–Crippen LogP) is 3.66. The molecule has 94 valence electrons. The van der Waals surface area contributed by atoms with Gasteiger partial charge in [-0.3, -0.25) is 10.1 Å². The molecular weight excluding hydrogens is 246 g/mol. The van der Waals surface area contributed by atoms with Gasteiger partial charge in [0.15, 0.2) is 10.7 Å². The molecular formula is C13H10N3O3+. The lowest BCUT2D eigenvalue weighted by molar-refractivity contribution is -0.385. The fraction of sp³-hybridized carbons (Fsp3) is 0.0769. The van der Waals surface area contributed by atoms with Crippen molar-refractivity contribution < 1.29 is 9.66 Å². The number of nitro groups is 1. The maximum absolute atomic E-state index is 10.9. The number of diazo groups is 1. The number of benzene rings is 2. The molecule has 0 bridgehead atoms. The molecule has 0 aliphatic rings. The van der Waals surface area contributed by atoms with Crippen molar-refractivity contribution >= 4 is 11.4 Å². The van der Waals surface area contributed by atoms with E-state index in [4.69, 9.17) is 10.1 Å². The Labute approximate surface area is 109 Å². The maximum Gasteiger partial charge on any atom is 0.392 e. The summed E-state index contributed by atoms with van der Waals surface area (Å²) in [6, 6.07) is 13.3. The minimum absolute atomic E-state index is 0.110. The normalized spacial score (nSPS) is 9.63. The number of rotatable bonds is 4. The molecule has 2 rings (SSSR count). The van der Waals surface area contributed by atoms with E-state index in [1.807, 2.05) is 30.3 Å². The first-order valence-corrected chi connectivity index (χ1v) is 5.51. The maximum atomic E-state index is 10.9. The monoisotopic (exact) mass is 256 g/mol. The van der Waals surface area contributed by atoms with Crippen LogP contribution in [0.25, 0.3) is 4.98 Å². The second-order valence-electron chi connectivity index (χ2n) is 3.78. The Morgan fingerprint density at radius 3 is 2.58 bits per heavy atom. The van der Waals surface area contributed by atoms with Crippen molar-refractivity contribution in [2.45, 2.75) is 6.61 Å². The smallest absolute Gasteiger partial charge is 0.392 e. The van der Waals surface area contributed by atoms with Gasteiger partial charge >= 0.3 is 11.4 Å². The van der Waals surface area contributed by atoms with E-state index in [1.165, 1.54) is 12.1 Å². The van der Waals surface area contributed by atoms with Gasteiger partial charge in [-0.05, 0) is 11.6 Å². The van der Waals surface area contributed by atoms with E-state index in [2.05, 4.69) is 4.98 Å². The van der Waals surface area contributed by atoms with Crippen LogP contribution in [-0.4, -0.2) is 4.92 Å². The summed E-state index contributed by atoms with van der Waals surface area (Å²) in [5.41, 5.74) is 0.790. The SMILES string of the molecule is N#[N+]c1ccc(OCc2ccccc2)c([N+](=O)[O-])c1. The first kappa shape index (κ1) is 12.5. The van der Waals surface area contributed by atoms with Gasteiger partial charge in [0.1, 0.15) is 12.7 Å². The van der Waals surface area contributed by atoms with E-state index < -0.39 is 4.92 Å². The highest BCUT2D eigenvalue weighted by Gasteiger charge is 2.20. The van der Waals surface area contributed by atoms with Gasteiger partial charge in [0.2, 0.25) is 5.39 Å². The van der Waals surface area contributed by atoms with Gasteiger partial charge < -0.3 is 4.74 Å². The molecule has 2 aromatic carbocycles. The van der Waals surface area contributed by atoms with Crippen LogP contribution in [0, 0.1) is 15.5 Å². The molecule has 0 aromatic heterocycles. The van der Waals surface area contributed by atoms with E-state index in [1.54, 1.807) is 0 Å². The van der Waals surface area contributed by atoms with E-state index in [9.17, 15) is 10.1 Å². The zero-order chi connectivity index (χ0) is 13.7. The molecule has 0 saturated carbocycles.